The van der Waals surface area contributed by atoms with Crippen molar-refractivity contribution in [3.8, 4) is 0 Å². The van der Waals surface area contributed by atoms with Gasteiger partial charge in [-0.2, -0.15) is 0 Å². The Labute approximate surface area is 82.1 Å². The molecular weight excluding hydrogens is 186 g/mol. The average molecular weight is 201 g/mol. The molecule has 0 aromatic rings. The molecule has 1 aliphatic heterocycles. The summed E-state index contributed by atoms with van der Waals surface area (Å²) in [5.74, 6) is -0.437. The number of urea groups is 1. The summed E-state index contributed by atoms with van der Waals surface area (Å²) in [5.41, 5.74) is 4.08. The molecule has 6 heteroatoms. The predicted molar refractivity (Wildman–Crippen MR) is 49.4 cm³/mol. The van der Waals surface area contributed by atoms with Crippen LogP contribution in [0.4, 0.5) is 4.79 Å². The lowest BCUT2D eigenvalue weighted by molar-refractivity contribution is -0.137. The van der Waals surface area contributed by atoms with Crippen molar-refractivity contribution in [1.29, 1.82) is 0 Å². The van der Waals surface area contributed by atoms with E-state index in [9.17, 15) is 14.7 Å². The topological polar surface area (TPSA) is 95.7 Å². The molecule has 1 saturated heterocycles. The van der Waals surface area contributed by atoms with Gasteiger partial charge in [-0.15, -0.1) is 0 Å². The first-order chi connectivity index (χ1) is 6.32. The van der Waals surface area contributed by atoms with Gasteiger partial charge < -0.3 is 10.8 Å². The molecule has 1 unspecified atom stereocenters. The standard InChI is InChI=1S/C8H15N3O3/c1-5(6(12)10-7(9)13)11-3-8(2,14)4-11/h5,14H,3-4H2,1-2H3,(H3,9,10,12,13). The van der Waals surface area contributed by atoms with E-state index in [1.54, 1.807) is 18.7 Å². The maximum atomic E-state index is 11.3. The van der Waals surface area contributed by atoms with Crippen molar-refractivity contribution in [1.82, 2.24) is 10.2 Å². The van der Waals surface area contributed by atoms with E-state index in [1.807, 2.05) is 5.32 Å². The molecule has 0 bridgehead atoms. The van der Waals surface area contributed by atoms with Crippen LogP contribution in [0.15, 0.2) is 0 Å². The van der Waals surface area contributed by atoms with Crippen molar-refractivity contribution < 1.29 is 14.7 Å². The highest BCUT2D eigenvalue weighted by molar-refractivity contribution is 5.96. The fourth-order valence-corrected chi connectivity index (χ4v) is 1.49. The molecular formula is C8H15N3O3. The van der Waals surface area contributed by atoms with Gasteiger partial charge in [0.05, 0.1) is 11.6 Å². The molecule has 1 atom stereocenters. The maximum absolute atomic E-state index is 11.3. The highest BCUT2D eigenvalue weighted by Crippen LogP contribution is 2.21. The van der Waals surface area contributed by atoms with Crippen LogP contribution < -0.4 is 11.1 Å². The smallest absolute Gasteiger partial charge is 0.318 e. The summed E-state index contributed by atoms with van der Waals surface area (Å²) in [6.07, 6.45) is 0. The van der Waals surface area contributed by atoms with Crippen LogP contribution >= 0.6 is 0 Å². The lowest BCUT2D eigenvalue weighted by Gasteiger charge is -2.46. The highest BCUT2D eigenvalue weighted by atomic mass is 16.3. The third kappa shape index (κ3) is 2.43. The molecule has 0 aromatic heterocycles. The number of primary amides is 1. The zero-order chi connectivity index (χ0) is 10.9. The minimum atomic E-state index is -0.853. The highest BCUT2D eigenvalue weighted by Gasteiger charge is 2.40. The Morgan fingerprint density at radius 3 is 2.43 bits per heavy atom. The van der Waals surface area contributed by atoms with Crippen molar-refractivity contribution in [3.05, 3.63) is 0 Å². The molecule has 0 aromatic carbocycles. The molecule has 1 rings (SSSR count). The van der Waals surface area contributed by atoms with Crippen LogP contribution in [0.1, 0.15) is 13.8 Å². The van der Waals surface area contributed by atoms with Crippen LogP contribution in [0.3, 0.4) is 0 Å². The number of likely N-dealkylation sites (tertiary alicyclic amines) is 1. The van der Waals surface area contributed by atoms with E-state index in [1.165, 1.54) is 0 Å². The van der Waals surface area contributed by atoms with Crippen LogP contribution in [0, 0.1) is 0 Å². The Balaban J connectivity index is 2.40. The first-order valence-electron chi connectivity index (χ1n) is 4.38. The summed E-state index contributed by atoms with van der Waals surface area (Å²) in [5, 5.41) is 11.4. The number of rotatable bonds is 2. The molecule has 1 aliphatic rings. The molecule has 4 N–H and O–H groups in total. The van der Waals surface area contributed by atoms with Gasteiger partial charge in [-0.25, -0.2) is 4.79 Å². The van der Waals surface area contributed by atoms with Gasteiger partial charge in [0, 0.05) is 13.1 Å². The van der Waals surface area contributed by atoms with Crippen LogP contribution in [-0.2, 0) is 4.79 Å². The zero-order valence-corrected chi connectivity index (χ0v) is 8.28. The molecule has 80 valence electrons. The average Bonchev–Trinajstić information content (AvgIpc) is 1.97. The van der Waals surface area contributed by atoms with E-state index in [0.29, 0.717) is 13.1 Å². The zero-order valence-electron chi connectivity index (χ0n) is 8.28. The van der Waals surface area contributed by atoms with Gasteiger partial charge in [-0.05, 0) is 13.8 Å². The van der Waals surface area contributed by atoms with Gasteiger partial charge in [-0.1, -0.05) is 0 Å². The third-order valence-electron chi connectivity index (χ3n) is 2.26. The Morgan fingerprint density at radius 1 is 1.57 bits per heavy atom. The molecule has 1 heterocycles. The Kier molecular flexibility index (Phi) is 2.77. The second-order valence-electron chi connectivity index (χ2n) is 3.93. The second-order valence-corrected chi connectivity index (χ2v) is 3.93. The van der Waals surface area contributed by atoms with E-state index in [2.05, 4.69) is 0 Å². The van der Waals surface area contributed by atoms with E-state index < -0.39 is 23.6 Å². The minimum absolute atomic E-state index is 0.431. The van der Waals surface area contributed by atoms with Gasteiger partial charge >= 0.3 is 6.03 Å². The van der Waals surface area contributed by atoms with E-state index in [0.717, 1.165) is 0 Å². The summed E-state index contributed by atoms with van der Waals surface area (Å²) in [6.45, 7) is 4.22. The molecule has 6 nitrogen and oxygen atoms in total. The summed E-state index contributed by atoms with van der Waals surface area (Å²) >= 11 is 0. The van der Waals surface area contributed by atoms with Crippen LogP contribution in [0.5, 0.6) is 0 Å². The van der Waals surface area contributed by atoms with Crippen LogP contribution in [0.25, 0.3) is 0 Å². The van der Waals surface area contributed by atoms with Gasteiger partial charge in [-0.3, -0.25) is 15.0 Å². The van der Waals surface area contributed by atoms with Gasteiger partial charge in [0.25, 0.3) is 0 Å². The Bertz CT molecular complexity index is 257. The van der Waals surface area contributed by atoms with Crippen molar-refractivity contribution >= 4 is 11.9 Å². The summed E-state index contributed by atoms with van der Waals surface area (Å²) in [7, 11) is 0. The van der Waals surface area contributed by atoms with E-state index >= 15 is 0 Å². The largest absolute Gasteiger partial charge is 0.388 e. The number of nitrogens with zero attached hydrogens (tertiary/aromatic N) is 1. The minimum Gasteiger partial charge on any atom is -0.388 e. The van der Waals surface area contributed by atoms with Crippen molar-refractivity contribution in [2.75, 3.05) is 13.1 Å². The van der Waals surface area contributed by atoms with Crippen LogP contribution in [-0.4, -0.2) is 46.7 Å². The van der Waals surface area contributed by atoms with E-state index in [-0.39, 0.29) is 0 Å². The number of aliphatic hydroxyl groups is 1. The second kappa shape index (κ2) is 3.55. The fraction of sp³-hybridized carbons (Fsp3) is 0.750. The molecule has 14 heavy (non-hydrogen) atoms. The monoisotopic (exact) mass is 201 g/mol. The molecule has 3 amide bonds. The number of carbonyl (C=O) groups is 2. The number of carbonyl (C=O) groups excluding carboxylic acids is 2. The summed E-state index contributed by atoms with van der Waals surface area (Å²) in [4.78, 5) is 23.4. The lowest BCUT2D eigenvalue weighted by atomic mass is 9.95. The number of amides is 3. The number of nitrogens with one attached hydrogen (secondary N) is 1. The van der Waals surface area contributed by atoms with Crippen molar-refractivity contribution in [3.63, 3.8) is 0 Å². The summed E-state index contributed by atoms with van der Waals surface area (Å²) < 4.78 is 0. The SMILES string of the molecule is CC(C(=O)NC(N)=O)N1CC(C)(O)C1. The lowest BCUT2D eigenvalue weighted by Crippen LogP contribution is -2.65. The quantitative estimate of drug-likeness (QED) is 0.514. The number of imide groups is 1. The molecule has 0 saturated carbocycles. The first kappa shape index (κ1) is 10.9. The summed E-state index contributed by atoms with van der Waals surface area (Å²) in [6, 6.07) is -1.29. The Hall–Kier alpha value is -1.14. The number of hydrogen-bond donors (Lipinski definition) is 3. The number of hydrogen-bond acceptors (Lipinski definition) is 4. The molecule has 0 aliphatic carbocycles. The van der Waals surface area contributed by atoms with Crippen LogP contribution in [0.2, 0.25) is 0 Å². The predicted octanol–water partition coefficient (Wildman–Crippen LogP) is -1.36. The van der Waals surface area contributed by atoms with Gasteiger partial charge in [0.2, 0.25) is 5.91 Å². The first-order valence-corrected chi connectivity index (χ1v) is 4.38. The maximum Gasteiger partial charge on any atom is 0.318 e. The third-order valence-corrected chi connectivity index (χ3v) is 2.26. The normalized spacial score (nSPS) is 22.2. The van der Waals surface area contributed by atoms with Gasteiger partial charge in [0.1, 0.15) is 0 Å². The molecule has 0 spiro atoms. The molecule has 1 fully saturated rings. The Morgan fingerprint density at radius 2 is 2.07 bits per heavy atom. The number of β-amino-alcohol motifs (C(OH)–C–C–N with tert-alkyl or cyclic N) is 1. The molecule has 0 radical (unpaired) electrons. The number of nitrogens with two attached hydrogens (primary N) is 1. The van der Waals surface area contributed by atoms with Crippen molar-refractivity contribution in [2.45, 2.75) is 25.5 Å². The van der Waals surface area contributed by atoms with Gasteiger partial charge in [0.15, 0.2) is 0 Å². The fourth-order valence-electron chi connectivity index (χ4n) is 1.49. The van der Waals surface area contributed by atoms with E-state index in [4.69, 9.17) is 5.73 Å². The van der Waals surface area contributed by atoms with Crippen molar-refractivity contribution in [2.24, 2.45) is 5.73 Å².